The molecule has 1 rings (SSSR count). The average Bonchev–Trinajstić information content (AvgIpc) is 2.10. The molecular formula is C10H10F4. The molecule has 0 saturated carbocycles. The molecule has 14 heavy (non-hydrogen) atoms. The molecule has 0 nitrogen and oxygen atoms in total. The summed E-state index contributed by atoms with van der Waals surface area (Å²) in [6, 6.07) is 0.702. The van der Waals surface area contributed by atoms with Crippen molar-refractivity contribution in [3.8, 4) is 0 Å². The molecule has 0 radical (unpaired) electrons. The number of benzene rings is 1. The van der Waals surface area contributed by atoms with Crippen LogP contribution in [0.3, 0.4) is 0 Å². The van der Waals surface area contributed by atoms with Crippen LogP contribution < -0.4 is 0 Å². The van der Waals surface area contributed by atoms with Gasteiger partial charge in [0, 0.05) is 0 Å². The van der Waals surface area contributed by atoms with E-state index in [4.69, 9.17) is 0 Å². The van der Waals surface area contributed by atoms with Gasteiger partial charge in [0.1, 0.15) is 0 Å². The third-order valence-electron chi connectivity index (χ3n) is 1.81. The summed E-state index contributed by atoms with van der Waals surface area (Å²) in [4.78, 5) is 0. The second-order valence-corrected chi connectivity index (χ2v) is 3.56. The first-order chi connectivity index (χ1) is 6.43. The van der Waals surface area contributed by atoms with Crippen LogP contribution in [0, 0.1) is 29.2 Å². The van der Waals surface area contributed by atoms with Crippen LogP contribution in [0.1, 0.15) is 19.4 Å². The van der Waals surface area contributed by atoms with Crippen molar-refractivity contribution in [2.24, 2.45) is 5.92 Å². The Morgan fingerprint density at radius 3 is 2.07 bits per heavy atom. The zero-order valence-electron chi connectivity index (χ0n) is 7.87. The van der Waals surface area contributed by atoms with Crippen molar-refractivity contribution in [3.05, 3.63) is 34.9 Å². The summed E-state index contributed by atoms with van der Waals surface area (Å²) in [6.45, 7) is 3.55. The zero-order valence-corrected chi connectivity index (χ0v) is 7.87. The fourth-order valence-electron chi connectivity index (χ4n) is 1.21. The molecule has 4 heteroatoms. The van der Waals surface area contributed by atoms with Gasteiger partial charge in [-0.3, -0.25) is 0 Å². The molecule has 0 aliphatic rings. The second-order valence-electron chi connectivity index (χ2n) is 3.56. The van der Waals surface area contributed by atoms with Gasteiger partial charge in [-0.25, -0.2) is 17.6 Å². The Hall–Kier alpha value is -1.06. The molecule has 0 heterocycles. The van der Waals surface area contributed by atoms with E-state index in [0.717, 1.165) is 0 Å². The van der Waals surface area contributed by atoms with Gasteiger partial charge in [0.15, 0.2) is 23.3 Å². The van der Waals surface area contributed by atoms with Crippen molar-refractivity contribution >= 4 is 0 Å². The van der Waals surface area contributed by atoms with Gasteiger partial charge in [0.2, 0.25) is 0 Å². The Morgan fingerprint density at radius 2 is 1.57 bits per heavy atom. The number of hydrogen-bond acceptors (Lipinski definition) is 0. The van der Waals surface area contributed by atoms with Crippen molar-refractivity contribution in [1.82, 2.24) is 0 Å². The molecule has 0 fully saturated rings. The lowest BCUT2D eigenvalue weighted by Crippen LogP contribution is -2.04. The maximum atomic E-state index is 13.0. The lowest BCUT2D eigenvalue weighted by molar-refractivity contribution is 0.401. The van der Waals surface area contributed by atoms with E-state index in [1.165, 1.54) is 0 Å². The highest BCUT2D eigenvalue weighted by molar-refractivity contribution is 5.22. The topological polar surface area (TPSA) is 0 Å². The highest BCUT2D eigenvalue weighted by atomic mass is 19.2. The molecular weight excluding hydrogens is 196 g/mol. The van der Waals surface area contributed by atoms with Crippen LogP contribution in [-0.4, -0.2) is 0 Å². The molecule has 0 saturated heterocycles. The predicted octanol–water partition coefficient (Wildman–Crippen LogP) is 3.44. The molecule has 0 atom stereocenters. The van der Waals surface area contributed by atoms with E-state index in [1.807, 2.05) is 0 Å². The molecule has 0 amide bonds. The van der Waals surface area contributed by atoms with Gasteiger partial charge in [-0.05, 0) is 24.0 Å². The first-order valence-electron chi connectivity index (χ1n) is 4.25. The zero-order chi connectivity index (χ0) is 10.9. The van der Waals surface area contributed by atoms with Crippen LogP contribution in [-0.2, 0) is 6.42 Å². The van der Waals surface area contributed by atoms with Gasteiger partial charge in [-0.1, -0.05) is 13.8 Å². The van der Waals surface area contributed by atoms with E-state index in [1.54, 1.807) is 13.8 Å². The Bertz CT molecular complexity index is 344. The van der Waals surface area contributed by atoms with Crippen LogP contribution in [0.25, 0.3) is 0 Å². The SMILES string of the molecule is CC(C)Cc1cc(F)c(F)c(F)c1F. The fraction of sp³-hybridized carbons (Fsp3) is 0.400. The van der Waals surface area contributed by atoms with Crippen molar-refractivity contribution in [3.63, 3.8) is 0 Å². The minimum Gasteiger partial charge on any atom is -0.204 e. The third-order valence-corrected chi connectivity index (χ3v) is 1.81. The van der Waals surface area contributed by atoms with E-state index >= 15 is 0 Å². The normalized spacial score (nSPS) is 11.1. The number of rotatable bonds is 2. The Labute approximate surface area is 79.6 Å². The number of halogens is 4. The monoisotopic (exact) mass is 206 g/mol. The van der Waals surface area contributed by atoms with Crippen LogP contribution >= 0.6 is 0 Å². The Morgan fingerprint density at radius 1 is 1.00 bits per heavy atom. The Balaban J connectivity index is 3.19. The van der Waals surface area contributed by atoms with E-state index in [0.29, 0.717) is 6.07 Å². The predicted molar refractivity (Wildman–Crippen MR) is 44.8 cm³/mol. The van der Waals surface area contributed by atoms with Crippen molar-refractivity contribution < 1.29 is 17.6 Å². The first kappa shape index (κ1) is 11.0. The van der Waals surface area contributed by atoms with E-state index < -0.39 is 23.3 Å². The quantitative estimate of drug-likeness (QED) is 0.395. The van der Waals surface area contributed by atoms with Gasteiger partial charge in [-0.2, -0.15) is 0 Å². The summed E-state index contributed by atoms with van der Waals surface area (Å²) in [7, 11) is 0. The van der Waals surface area contributed by atoms with E-state index in [-0.39, 0.29) is 17.9 Å². The minimum absolute atomic E-state index is 0.0498. The summed E-state index contributed by atoms with van der Waals surface area (Å²) < 4.78 is 50.9. The summed E-state index contributed by atoms with van der Waals surface area (Å²) in [5.41, 5.74) is -0.128. The van der Waals surface area contributed by atoms with Gasteiger partial charge >= 0.3 is 0 Å². The molecule has 0 aliphatic carbocycles. The lowest BCUT2D eigenvalue weighted by Gasteiger charge is -2.07. The fourth-order valence-corrected chi connectivity index (χ4v) is 1.21. The van der Waals surface area contributed by atoms with Crippen LogP contribution in [0.2, 0.25) is 0 Å². The minimum atomic E-state index is -1.75. The number of hydrogen-bond donors (Lipinski definition) is 0. The highest BCUT2D eigenvalue weighted by Crippen LogP contribution is 2.20. The molecule has 0 bridgehead atoms. The highest BCUT2D eigenvalue weighted by Gasteiger charge is 2.18. The molecule has 78 valence electrons. The summed E-state index contributed by atoms with van der Waals surface area (Å²) in [5, 5.41) is 0. The smallest absolute Gasteiger partial charge is 0.197 e. The molecule has 0 aromatic heterocycles. The average molecular weight is 206 g/mol. The van der Waals surface area contributed by atoms with Gasteiger partial charge < -0.3 is 0 Å². The Kier molecular flexibility index (Phi) is 3.13. The summed E-state index contributed by atoms with van der Waals surface area (Å²) >= 11 is 0. The third kappa shape index (κ3) is 2.05. The van der Waals surface area contributed by atoms with Crippen molar-refractivity contribution in [1.29, 1.82) is 0 Å². The molecule has 0 N–H and O–H groups in total. The first-order valence-corrected chi connectivity index (χ1v) is 4.25. The molecule has 0 spiro atoms. The molecule has 0 unspecified atom stereocenters. The van der Waals surface area contributed by atoms with E-state index in [2.05, 4.69) is 0 Å². The standard InChI is InChI=1S/C10H10F4/c1-5(2)3-6-4-7(11)9(13)10(14)8(6)12/h4-5H,3H2,1-2H3. The molecule has 0 aliphatic heterocycles. The van der Waals surface area contributed by atoms with Crippen molar-refractivity contribution in [2.45, 2.75) is 20.3 Å². The van der Waals surface area contributed by atoms with Gasteiger partial charge in [-0.15, -0.1) is 0 Å². The van der Waals surface area contributed by atoms with E-state index in [9.17, 15) is 17.6 Å². The lowest BCUT2D eigenvalue weighted by atomic mass is 10.0. The van der Waals surface area contributed by atoms with Crippen LogP contribution in [0.5, 0.6) is 0 Å². The summed E-state index contributed by atoms with van der Waals surface area (Å²) in [6.07, 6.45) is 0.181. The molecule has 1 aromatic carbocycles. The van der Waals surface area contributed by atoms with Crippen LogP contribution in [0.4, 0.5) is 17.6 Å². The van der Waals surface area contributed by atoms with Crippen molar-refractivity contribution in [2.75, 3.05) is 0 Å². The maximum Gasteiger partial charge on any atom is 0.197 e. The largest absolute Gasteiger partial charge is 0.204 e. The molecule has 1 aromatic rings. The summed E-state index contributed by atoms with van der Waals surface area (Å²) in [5.74, 6) is -6.08. The van der Waals surface area contributed by atoms with Gasteiger partial charge in [0.25, 0.3) is 0 Å². The maximum absolute atomic E-state index is 13.0. The van der Waals surface area contributed by atoms with Crippen LogP contribution in [0.15, 0.2) is 6.07 Å². The second kappa shape index (κ2) is 3.98. The van der Waals surface area contributed by atoms with Gasteiger partial charge in [0.05, 0.1) is 0 Å².